The average Bonchev–Trinajstić information content (AvgIpc) is 2.53. The highest BCUT2D eigenvalue weighted by Crippen LogP contribution is 2.39. The third-order valence-corrected chi connectivity index (χ3v) is 6.70. The van der Waals surface area contributed by atoms with Crippen LogP contribution >= 0.6 is 11.8 Å². The molecule has 0 bridgehead atoms. The first kappa shape index (κ1) is 15.4. The minimum atomic E-state index is -1.12. The lowest BCUT2D eigenvalue weighted by molar-refractivity contribution is 0.625. The minimum Gasteiger partial charge on any atom is -0.254 e. The fourth-order valence-electron chi connectivity index (χ4n) is 2.51. The zero-order chi connectivity index (χ0) is 15.5. The van der Waals surface area contributed by atoms with Crippen molar-refractivity contribution < 1.29 is 13.0 Å². The Morgan fingerprint density at radius 3 is 1.91 bits per heavy atom. The van der Waals surface area contributed by atoms with Gasteiger partial charge in [0.1, 0.15) is 11.6 Å². The van der Waals surface area contributed by atoms with Crippen LogP contribution in [0.3, 0.4) is 0 Å². The molecule has 5 heteroatoms. The molecule has 2 unspecified atom stereocenters. The van der Waals surface area contributed by atoms with E-state index >= 15 is 0 Å². The van der Waals surface area contributed by atoms with Gasteiger partial charge in [0.05, 0.1) is 15.4 Å². The van der Waals surface area contributed by atoms with Crippen LogP contribution in [0.5, 0.6) is 0 Å². The van der Waals surface area contributed by atoms with Crippen LogP contribution in [-0.4, -0.2) is 14.5 Å². The predicted octanol–water partition coefficient (Wildman–Crippen LogP) is 4.43. The number of thioether (sulfide) groups is 1. The van der Waals surface area contributed by atoms with E-state index in [4.69, 9.17) is 0 Å². The van der Waals surface area contributed by atoms with Crippen LogP contribution in [0.2, 0.25) is 0 Å². The molecule has 1 heterocycles. The number of rotatable bonds is 3. The SMILES string of the molecule is O=S1C=CCSC1C(c1ccc(F)cc1)c1ccc(F)cc1. The van der Waals surface area contributed by atoms with E-state index < -0.39 is 10.8 Å². The lowest BCUT2D eigenvalue weighted by Gasteiger charge is -2.27. The van der Waals surface area contributed by atoms with Crippen molar-refractivity contribution in [1.29, 1.82) is 0 Å². The second kappa shape index (κ2) is 6.75. The first-order valence-electron chi connectivity index (χ1n) is 6.84. The zero-order valence-corrected chi connectivity index (χ0v) is 13.2. The van der Waals surface area contributed by atoms with E-state index in [1.165, 1.54) is 24.3 Å². The van der Waals surface area contributed by atoms with Crippen molar-refractivity contribution in [3.63, 3.8) is 0 Å². The summed E-state index contributed by atoms with van der Waals surface area (Å²) in [5, 5.41) is 1.71. The summed E-state index contributed by atoms with van der Waals surface area (Å²) in [6.07, 6.45) is 1.89. The van der Waals surface area contributed by atoms with Gasteiger partial charge in [-0.15, -0.1) is 11.8 Å². The lowest BCUT2D eigenvalue weighted by atomic mass is 9.93. The van der Waals surface area contributed by atoms with Gasteiger partial charge in [-0.1, -0.05) is 30.3 Å². The van der Waals surface area contributed by atoms with Crippen LogP contribution in [-0.2, 0) is 10.8 Å². The summed E-state index contributed by atoms with van der Waals surface area (Å²) in [7, 11) is -1.12. The standard InChI is InChI=1S/C17H14F2OS2/c18-14-6-2-12(3-7-14)16(13-4-8-15(19)9-5-13)17-21-10-1-11-22(17)20/h1-9,11,16-17H,10H2. The highest BCUT2D eigenvalue weighted by Gasteiger charge is 2.30. The largest absolute Gasteiger partial charge is 0.254 e. The number of halogens is 2. The summed E-state index contributed by atoms with van der Waals surface area (Å²) < 4.78 is 38.6. The normalized spacial score (nSPS) is 21.2. The molecular formula is C17H14F2OS2. The van der Waals surface area contributed by atoms with E-state index in [1.807, 2.05) is 6.08 Å². The Bertz CT molecular complexity index is 650. The van der Waals surface area contributed by atoms with E-state index in [2.05, 4.69) is 0 Å². The van der Waals surface area contributed by atoms with E-state index in [9.17, 15) is 13.0 Å². The Labute approximate surface area is 134 Å². The predicted molar refractivity (Wildman–Crippen MR) is 88.2 cm³/mol. The Balaban J connectivity index is 2.05. The highest BCUT2D eigenvalue weighted by atomic mass is 32.2. The molecule has 2 aromatic rings. The van der Waals surface area contributed by atoms with Gasteiger partial charge in [-0.3, -0.25) is 4.21 Å². The third-order valence-electron chi connectivity index (χ3n) is 3.55. The van der Waals surface area contributed by atoms with Crippen molar-refractivity contribution in [3.8, 4) is 0 Å². The molecule has 1 nitrogen and oxygen atoms in total. The second-order valence-corrected chi connectivity index (χ2v) is 7.89. The second-order valence-electron chi connectivity index (χ2n) is 4.98. The maximum absolute atomic E-state index is 13.2. The fourth-order valence-corrected chi connectivity index (χ4v) is 5.52. The maximum Gasteiger partial charge on any atom is 0.123 e. The van der Waals surface area contributed by atoms with Crippen LogP contribution in [0, 0.1) is 11.6 Å². The molecule has 0 aliphatic carbocycles. The van der Waals surface area contributed by atoms with E-state index in [-0.39, 0.29) is 22.1 Å². The molecule has 1 aliphatic heterocycles. The van der Waals surface area contributed by atoms with Crippen molar-refractivity contribution in [2.75, 3.05) is 5.75 Å². The molecule has 0 amide bonds. The highest BCUT2D eigenvalue weighted by molar-refractivity contribution is 8.12. The lowest BCUT2D eigenvalue weighted by Crippen LogP contribution is -2.23. The first-order chi connectivity index (χ1) is 10.6. The molecule has 3 rings (SSSR count). The summed E-state index contributed by atoms with van der Waals surface area (Å²) >= 11 is 1.60. The van der Waals surface area contributed by atoms with Gasteiger partial charge in [-0.05, 0) is 35.4 Å². The van der Waals surface area contributed by atoms with Gasteiger partial charge in [-0.25, -0.2) is 8.78 Å². The fraction of sp³-hybridized carbons (Fsp3) is 0.176. The maximum atomic E-state index is 13.2. The topological polar surface area (TPSA) is 17.1 Å². The molecule has 0 fully saturated rings. The van der Waals surface area contributed by atoms with Crippen LogP contribution in [0.25, 0.3) is 0 Å². The summed E-state index contributed by atoms with van der Waals surface area (Å²) in [6, 6.07) is 12.4. The Kier molecular flexibility index (Phi) is 4.74. The smallest absolute Gasteiger partial charge is 0.123 e. The molecule has 0 radical (unpaired) electrons. The van der Waals surface area contributed by atoms with E-state index in [1.54, 1.807) is 41.4 Å². The summed E-state index contributed by atoms with van der Waals surface area (Å²) in [5.41, 5.74) is 1.77. The molecule has 114 valence electrons. The molecule has 0 N–H and O–H groups in total. The molecule has 2 atom stereocenters. The molecule has 2 aromatic carbocycles. The van der Waals surface area contributed by atoms with Gasteiger partial charge in [0.25, 0.3) is 0 Å². The van der Waals surface area contributed by atoms with Crippen molar-refractivity contribution in [2.24, 2.45) is 0 Å². The molecule has 0 saturated heterocycles. The van der Waals surface area contributed by atoms with Gasteiger partial charge >= 0.3 is 0 Å². The first-order valence-corrected chi connectivity index (χ1v) is 9.16. The number of benzene rings is 2. The Morgan fingerprint density at radius 1 is 0.955 bits per heavy atom. The minimum absolute atomic E-state index is 0.166. The third kappa shape index (κ3) is 3.31. The van der Waals surface area contributed by atoms with Crippen LogP contribution in [0.4, 0.5) is 8.78 Å². The van der Waals surface area contributed by atoms with E-state index in [0.29, 0.717) is 0 Å². The molecule has 0 spiro atoms. The van der Waals surface area contributed by atoms with Gasteiger partial charge in [0.2, 0.25) is 0 Å². The number of hydrogen-bond acceptors (Lipinski definition) is 2. The Morgan fingerprint density at radius 2 is 1.45 bits per heavy atom. The van der Waals surface area contributed by atoms with Crippen LogP contribution < -0.4 is 0 Å². The monoisotopic (exact) mass is 336 g/mol. The van der Waals surface area contributed by atoms with Gasteiger partial charge in [-0.2, -0.15) is 0 Å². The number of hydrogen-bond donors (Lipinski definition) is 0. The molecule has 1 aliphatic rings. The molecular weight excluding hydrogens is 322 g/mol. The Hall–Kier alpha value is -1.46. The van der Waals surface area contributed by atoms with Crippen molar-refractivity contribution >= 4 is 22.6 Å². The van der Waals surface area contributed by atoms with Crippen LogP contribution in [0.15, 0.2) is 60.0 Å². The van der Waals surface area contributed by atoms with Gasteiger partial charge in [0, 0.05) is 17.1 Å². The van der Waals surface area contributed by atoms with Gasteiger partial charge in [0.15, 0.2) is 0 Å². The van der Waals surface area contributed by atoms with Crippen molar-refractivity contribution in [1.82, 2.24) is 0 Å². The summed E-state index contributed by atoms with van der Waals surface area (Å²) in [6.45, 7) is 0. The quantitative estimate of drug-likeness (QED) is 0.825. The summed E-state index contributed by atoms with van der Waals surface area (Å²) in [5.74, 6) is 0.00443. The van der Waals surface area contributed by atoms with Crippen LogP contribution in [0.1, 0.15) is 17.0 Å². The van der Waals surface area contributed by atoms with Gasteiger partial charge < -0.3 is 0 Å². The zero-order valence-electron chi connectivity index (χ0n) is 11.6. The molecule has 0 aromatic heterocycles. The molecule has 0 saturated carbocycles. The van der Waals surface area contributed by atoms with E-state index in [0.717, 1.165) is 16.9 Å². The van der Waals surface area contributed by atoms with Crippen molar-refractivity contribution in [2.45, 2.75) is 10.5 Å². The molecule has 22 heavy (non-hydrogen) atoms. The summed E-state index contributed by atoms with van der Waals surface area (Å²) in [4.78, 5) is 0. The van der Waals surface area contributed by atoms with Crippen molar-refractivity contribution in [3.05, 3.63) is 82.8 Å². The average molecular weight is 336 g/mol.